The monoisotopic (exact) mass is 490 g/mol. The molecule has 27 heavy (non-hydrogen) atoms. The van der Waals surface area contributed by atoms with Gasteiger partial charge in [0.15, 0.2) is 0 Å². The molecule has 0 fully saturated rings. The molecule has 0 bridgehead atoms. The molecular formula is C21H16Br2O4. The Labute approximate surface area is 174 Å². The van der Waals surface area contributed by atoms with E-state index in [1.54, 1.807) is 25.3 Å². The summed E-state index contributed by atoms with van der Waals surface area (Å²) in [5, 5.41) is 0. The number of benzene rings is 2. The third-order valence-corrected chi connectivity index (χ3v) is 4.97. The van der Waals surface area contributed by atoms with Crippen molar-refractivity contribution in [2.75, 3.05) is 13.7 Å². The number of hydrogen-bond donors (Lipinski definition) is 0. The summed E-state index contributed by atoms with van der Waals surface area (Å²) in [7, 11) is 1.61. The van der Waals surface area contributed by atoms with Crippen LogP contribution in [-0.4, -0.2) is 19.7 Å². The van der Waals surface area contributed by atoms with E-state index in [1.807, 2.05) is 36.4 Å². The van der Waals surface area contributed by atoms with Crippen molar-refractivity contribution in [1.82, 2.24) is 0 Å². The SMILES string of the molecule is C=CCOc1c(Br)cc(/C=C2\C=C(c3ccc(OC)cc3)OC2=O)cc1Br. The minimum Gasteiger partial charge on any atom is -0.497 e. The molecular weight excluding hydrogens is 476 g/mol. The van der Waals surface area contributed by atoms with Gasteiger partial charge in [-0.3, -0.25) is 0 Å². The van der Waals surface area contributed by atoms with Gasteiger partial charge in [-0.15, -0.1) is 0 Å². The van der Waals surface area contributed by atoms with E-state index in [-0.39, 0.29) is 5.97 Å². The normalized spacial score (nSPS) is 14.7. The van der Waals surface area contributed by atoms with E-state index in [1.165, 1.54) is 0 Å². The molecule has 1 heterocycles. The molecule has 0 atom stereocenters. The second kappa shape index (κ2) is 8.59. The van der Waals surface area contributed by atoms with Crippen molar-refractivity contribution in [3.05, 3.63) is 80.8 Å². The van der Waals surface area contributed by atoms with Gasteiger partial charge in [-0.1, -0.05) is 12.7 Å². The lowest BCUT2D eigenvalue weighted by Gasteiger charge is -2.09. The van der Waals surface area contributed by atoms with E-state index < -0.39 is 0 Å². The average Bonchev–Trinajstić information content (AvgIpc) is 3.01. The highest BCUT2D eigenvalue weighted by molar-refractivity contribution is 9.11. The van der Waals surface area contributed by atoms with Gasteiger partial charge in [0.1, 0.15) is 23.9 Å². The maximum atomic E-state index is 12.2. The van der Waals surface area contributed by atoms with Crippen LogP contribution in [0.2, 0.25) is 0 Å². The number of cyclic esters (lactones) is 1. The van der Waals surface area contributed by atoms with Crippen molar-refractivity contribution in [3.63, 3.8) is 0 Å². The van der Waals surface area contributed by atoms with Crippen LogP contribution >= 0.6 is 31.9 Å². The van der Waals surface area contributed by atoms with Gasteiger partial charge in [-0.25, -0.2) is 4.79 Å². The highest BCUT2D eigenvalue weighted by Crippen LogP contribution is 2.36. The van der Waals surface area contributed by atoms with Crippen LogP contribution in [0.5, 0.6) is 11.5 Å². The van der Waals surface area contributed by atoms with E-state index in [2.05, 4.69) is 38.4 Å². The van der Waals surface area contributed by atoms with Gasteiger partial charge in [-0.2, -0.15) is 0 Å². The maximum absolute atomic E-state index is 12.2. The third kappa shape index (κ3) is 4.51. The van der Waals surface area contributed by atoms with Crippen LogP contribution in [0.3, 0.4) is 0 Å². The largest absolute Gasteiger partial charge is 0.497 e. The lowest BCUT2D eigenvalue weighted by atomic mass is 10.1. The van der Waals surface area contributed by atoms with Gasteiger partial charge in [0.25, 0.3) is 0 Å². The number of ether oxygens (including phenoxy) is 3. The maximum Gasteiger partial charge on any atom is 0.343 e. The molecule has 0 saturated carbocycles. The minimum atomic E-state index is -0.389. The lowest BCUT2D eigenvalue weighted by Crippen LogP contribution is -1.98. The Morgan fingerprint density at radius 1 is 1.15 bits per heavy atom. The first kappa shape index (κ1) is 19.5. The molecule has 1 aliphatic heterocycles. The van der Waals surface area contributed by atoms with Crippen LogP contribution in [0.25, 0.3) is 11.8 Å². The fourth-order valence-electron chi connectivity index (χ4n) is 2.51. The van der Waals surface area contributed by atoms with Crippen molar-refractivity contribution in [2.24, 2.45) is 0 Å². The predicted molar refractivity (Wildman–Crippen MR) is 113 cm³/mol. The smallest absolute Gasteiger partial charge is 0.343 e. The van der Waals surface area contributed by atoms with Crippen molar-refractivity contribution in [2.45, 2.75) is 0 Å². The first-order chi connectivity index (χ1) is 13.0. The van der Waals surface area contributed by atoms with Gasteiger partial charge in [0, 0.05) is 5.56 Å². The Hall–Kier alpha value is -2.31. The Balaban J connectivity index is 1.88. The Morgan fingerprint density at radius 2 is 1.81 bits per heavy atom. The van der Waals surface area contributed by atoms with Crippen LogP contribution < -0.4 is 9.47 Å². The fourth-order valence-corrected chi connectivity index (χ4v) is 3.96. The lowest BCUT2D eigenvalue weighted by molar-refractivity contribution is -0.130. The van der Waals surface area contributed by atoms with Crippen LogP contribution in [0.15, 0.2) is 69.6 Å². The molecule has 3 rings (SSSR count). The number of carbonyl (C=O) groups is 1. The summed E-state index contributed by atoms with van der Waals surface area (Å²) in [5.41, 5.74) is 2.11. The number of methoxy groups -OCH3 is 1. The molecule has 2 aromatic carbocycles. The van der Waals surface area contributed by atoms with Gasteiger partial charge >= 0.3 is 5.97 Å². The highest BCUT2D eigenvalue weighted by Gasteiger charge is 2.22. The van der Waals surface area contributed by atoms with Gasteiger partial charge in [0.05, 0.1) is 21.6 Å². The number of rotatable bonds is 6. The summed E-state index contributed by atoms with van der Waals surface area (Å²) >= 11 is 6.99. The van der Waals surface area contributed by atoms with E-state index in [0.717, 1.165) is 25.8 Å². The van der Waals surface area contributed by atoms with E-state index in [0.29, 0.717) is 23.7 Å². The molecule has 6 heteroatoms. The zero-order valence-corrected chi connectivity index (χ0v) is 17.7. The van der Waals surface area contributed by atoms with Crippen molar-refractivity contribution < 1.29 is 19.0 Å². The van der Waals surface area contributed by atoms with Crippen molar-refractivity contribution in [3.8, 4) is 11.5 Å². The third-order valence-electron chi connectivity index (χ3n) is 3.79. The topological polar surface area (TPSA) is 44.8 Å². The first-order valence-electron chi connectivity index (χ1n) is 8.04. The van der Waals surface area contributed by atoms with Gasteiger partial charge in [-0.05, 0) is 86.0 Å². The summed E-state index contributed by atoms with van der Waals surface area (Å²) in [6.45, 7) is 4.04. The second-order valence-electron chi connectivity index (χ2n) is 5.64. The predicted octanol–water partition coefficient (Wildman–Crippen LogP) is 5.77. The van der Waals surface area contributed by atoms with Crippen LogP contribution in [0.4, 0.5) is 0 Å². The molecule has 4 nitrogen and oxygen atoms in total. The summed E-state index contributed by atoms with van der Waals surface area (Å²) in [6, 6.07) is 11.1. The quantitative estimate of drug-likeness (QED) is 0.292. The second-order valence-corrected chi connectivity index (χ2v) is 7.35. The highest BCUT2D eigenvalue weighted by atomic mass is 79.9. The molecule has 2 aromatic rings. The summed E-state index contributed by atoms with van der Waals surface area (Å²) in [6.07, 6.45) is 5.18. The van der Waals surface area contributed by atoms with E-state index >= 15 is 0 Å². The van der Waals surface area contributed by atoms with Gasteiger partial charge < -0.3 is 14.2 Å². The fraction of sp³-hybridized carbons (Fsp3) is 0.0952. The van der Waals surface area contributed by atoms with Crippen molar-refractivity contribution in [1.29, 1.82) is 0 Å². The molecule has 0 radical (unpaired) electrons. The Morgan fingerprint density at radius 3 is 2.41 bits per heavy atom. The summed E-state index contributed by atoms with van der Waals surface area (Å²) in [4.78, 5) is 12.2. The van der Waals surface area contributed by atoms with Crippen molar-refractivity contribution >= 4 is 49.7 Å². The number of carbonyl (C=O) groups excluding carboxylic acids is 1. The standard InChI is InChI=1S/C21H16Br2O4/c1-3-8-26-20-17(22)10-13(11-18(20)23)9-15-12-19(27-21(15)24)14-4-6-16(25-2)7-5-14/h3-7,9-12H,1,8H2,2H3/b15-9+. The minimum absolute atomic E-state index is 0.389. The summed E-state index contributed by atoms with van der Waals surface area (Å²) < 4.78 is 17.7. The molecule has 138 valence electrons. The molecule has 0 amide bonds. The molecule has 0 unspecified atom stereocenters. The first-order valence-corrected chi connectivity index (χ1v) is 9.63. The van der Waals surface area contributed by atoms with Gasteiger partial charge in [0.2, 0.25) is 0 Å². The number of halogens is 2. The number of esters is 1. The van der Waals surface area contributed by atoms with E-state index in [4.69, 9.17) is 14.2 Å². The zero-order valence-electron chi connectivity index (χ0n) is 14.5. The molecule has 0 aliphatic carbocycles. The molecule has 0 aromatic heterocycles. The number of hydrogen-bond acceptors (Lipinski definition) is 4. The summed E-state index contributed by atoms with van der Waals surface area (Å²) in [5.74, 6) is 1.55. The van der Waals surface area contributed by atoms with Crippen LogP contribution in [0.1, 0.15) is 11.1 Å². The Bertz CT molecular complexity index is 920. The molecule has 0 N–H and O–H groups in total. The van der Waals surface area contributed by atoms with Crippen LogP contribution in [-0.2, 0) is 9.53 Å². The van der Waals surface area contributed by atoms with Crippen LogP contribution in [0, 0.1) is 0 Å². The Kier molecular flexibility index (Phi) is 6.19. The van der Waals surface area contributed by atoms with E-state index in [9.17, 15) is 4.79 Å². The zero-order chi connectivity index (χ0) is 19.4. The molecule has 0 spiro atoms. The molecule has 0 saturated heterocycles. The average molecular weight is 492 g/mol. The molecule has 1 aliphatic rings.